The number of carbonyl (C=O) groups is 1. The van der Waals surface area contributed by atoms with Gasteiger partial charge in [0.15, 0.2) is 0 Å². The maximum atomic E-state index is 12.4. The molecule has 1 aliphatic rings. The van der Waals surface area contributed by atoms with Gasteiger partial charge < -0.3 is 10.2 Å². The molecule has 1 aromatic carbocycles. The Hall–Kier alpha value is -1.54. The van der Waals surface area contributed by atoms with E-state index in [4.69, 9.17) is 0 Å². The Morgan fingerprint density at radius 2 is 2.10 bits per heavy atom. The lowest BCUT2D eigenvalue weighted by molar-refractivity contribution is -0.132. The fourth-order valence-electron chi connectivity index (χ4n) is 2.44. The Balaban J connectivity index is 2.08. The molecule has 1 aromatic rings. The van der Waals surface area contributed by atoms with Gasteiger partial charge in [0.25, 0.3) is 0 Å². The second-order valence-electron chi connectivity index (χ2n) is 5.03. The van der Waals surface area contributed by atoms with E-state index in [0.29, 0.717) is 11.3 Å². The summed E-state index contributed by atoms with van der Waals surface area (Å²) in [4.78, 5) is 14.3. The topological polar surface area (TPSA) is 56.1 Å². The van der Waals surface area contributed by atoms with Crippen LogP contribution in [-0.4, -0.2) is 29.9 Å². The molecule has 1 atom stereocenters. The van der Waals surface area contributed by atoms with Crippen LogP contribution in [0.1, 0.15) is 31.7 Å². The number of rotatable bonds is 3. The van der Waals surface area contributed by atoms with Crippen molar-refractivity contribution in [1.82, 2.24) is 4.90 Å². The van der Waals surface area contributed by atoms with Crippen molar-refractivity contribution >= 4 is 27.5 Å². The van der Waals surface area contributed by atoms with Crippen molar-refractivity contribution < 1.29 is 4.79 Å². The number of halogens is 1. The highest BCUT2D eigenvalue weighted by atomic mass is 79.9. The minimum atomic E-state index is -0.325. The highest BCUT2D eigenvalue weighted by molar-refractivity contribution is 9.10. The number of nitrogens with zero attached hydrogens (tertiary/aromatic N) is 2. The number of likely N-dealkylation sites (tertiary alicyclic amines) is 1. The van der Waals surface area contributed by atoms with E-state index in [1.807, 2.05) is 30.0 Å². The summed E-state index contributed by atoms with van der Waals surface area (Å²) < 4.78 is 0.739. The summed E-state index contributed by atoms with van der Waals surface area (Å²) in [6.45, 7) is 3.53. The summed E-state index contributed by atoms with van der Waals surface area (Å²) in [5.41, 5.74) is 1.23. The molecule has 0 radical (unpaired) electrons. The van der Waals surface area contributed by atoms with E-state index in [0.717, 1.165) is 30.4 Å². The summed E-state index contributed by atoms with van der Waals surface area (Å²) in [5, 5.41) is 12.3. The Labute approximate surface area is 127 Å². The van der Waals surface area contributed by atoms with Gasteiger partial charge in [-0.3, -0.25) is 4.79 Å². The molecule has 0 spiro atoms. The predicted octanol–water partition coefficient (Wildman–Crippen LogP) is 3.13. The van der Waals surface area contributed by atoms with Gasteiger partial charge in [0.2, 0.25) is 5.91 Å². The minimum Gasteiger partial charge on any atom is -0.373 e. The van der Waals surface area contributed by atoms with Crippen LogP contribution < -0.4 is 5.32 Å². The first-order valence-corrected chi connectivity index (χ1v) is 7.66. The fraction of sp³-hybridized carbons (Fsp3) is 0.467. The first kappa shape index (κ1) is 14.9. The SMILES string of the molecule is CC(Nc1cccc(Br)c1C#N)C(=O)N1CCCCC1. The van der Waals surface area contributed by atoms with Crippen LogP contribution in [0, 0.1) is 11.3 Å². The molecule has 1 saturated heterocycles. The summed E-state index contributed by atoms with van der Waals surface area (Å²) >= 11 is 3.35. The standard InChI is InChI=1S/C15H18BrN3O/c1-11(15(20)19-8-3-2-4-9-19)18-14-7-5-6-13(16)12(14)10-17/h5-7,11,18H,2-4,8-9H2,1H3. The number of benzene rings is 1. The van der Waals surface area contributed by atoms with Crippen molar-refractivity contribution in [3.8, 4) is 6.07 Å². The Bertz CT molecular complexity index is 532. The van der Waals surface area contributed by atoms with E-state index in [2.05, 4.69) is 27.3 Å². The van der Waals surface area contributed by atoms with Gasteiger partial charge in [-0.1, -0.05) is 6.07 Å². The van der Waals surface area contributed by atoms with Gasteiger partial charge >= 0.3 is 0 Å². The van der Waals surface area contributed by atoms with Crippen molar-refractivity contribution in [3.63, 3.8) is 0 Å². The highest BCUT2D eigenvalue weighted by Gasteiger charge is 2.22. The Morgan fingerprint density at radius 3 is 2.75 bits per heavy atom. The van der Waals surface area contributed by atoms with Crippen LogP contribution in [0.3, 0.4) is 0 Å². The monoisotopic (exact) mass is 335 g/mol. The molecule has 1 heterocycles. The third kappa shape index (κ3) is 3.31. The number of nitrogens with one attached hydrogen (secondary N) is 1. The number of amides is 1. The molecule has 1 fully saturated rings. The maximum absolute atomic E-state index is 12.4. The average Bonchev–Trinajstić information content (AvgIpc) is 2.47. The van der Waals surface area contributed by atoms with Gasteiger partial charge in [-0.25, -0.2) is 0 Å². The molecule has 0 saturated carbocycles. The third-order valence-corrected chi connectivity index (χ3v) is 4.20. The lowest BCUT2D eigenvalue weighted by Gasteiger charge is -2.30. The molecule has 0 bridgehead atoms. The smallest absolute Gasteiger partial charge is 0.244 e. The van der Waals surface area contributed by atoms with Crippen LogP contribution in [0.5, 0.6) is 0 Å². The van der Waals surface area contributed by atoms with Gasteiger partial charge in [-0.2, -0.15) is 5.26 Å². The van der Waals surface area contributed by atoms with Crippen molar-refractivity contribution in [2.75, 3.05) is 18.4 Å². The van der Waals surface area contributed by atoms with Gasteiger partial charge in [0, 0.05) is 17.6 Å². The molecule has 0 aromatic heterocycles. The number of anilines is 1. The lowest BCUT2D eigenvalue weighted by atomic mass is 10.1. The molecule has 2 rings (SSSR count). The molecule has 20 heavy (non-hydrogen) atoms. The summed E-state index contributed by atoms with van der Waals surface area (Å²) in [6.07, 6.45) is 3.37. The van der Waals surface area contributed by atoms with E-state index in [1.165, 1.54) is 6.42 Å². The molecular formula is C15H18BrN3O. The Kier molecular flexibility index (Phi) is 5.02. The number of nitriles is 1. The quantitative estimate of drug-likeness (QED) is 0.923. The van der Waals surface area contributed by atoms with E-state index < -0.39 is 0 Å². The van der Waals surface area contributed by atoms with Crippen LogP contribution in [0.25, 0.3) is 0 Å². The van der Waals surface area contributed by atoms with Crippen LogP contribution >= 0.6 is 15.9 Å². The zero-order valence-corrected chi connectivity index (χ0v) is 13.1. The molecule has 4 nitrogen and oxygen atoms in total. The van der Waals surface area contributed by atoms with E-state index in [1.54, 1.807) is 0 Å². The maximum Gasteiger partial charge on any atom is 0.244 e. The Morgan fingerprint density at radius 1 is 1.40 bits per heavy atom. The normalized spacial score (nSPS) is 16.4. The zero-order chi connectivity index (χ0) is 14.5. The second-order valence-corrected chi connectivity index (χ2v) is 5.88. The van der Waals surface area contributed by atoms with Crippen LogP contribution in [0.15, 0.2) is 22.7 Å². The molecule has 5 heteroatoms. The molecule has 1 N–H and O–H groups in total. The molecule has 1 amide bonds. The highest BCUT2D eigenvalue weighted by Crippen LogP contribution is 2.24. The van der Waals surface area contributed by atoms with E-state index in [9.17, 15) is 10.1 Å². The fourth-order valence-corrected chi connectivity index (χ4v) is 2.90. The average molecular weight is 336 g/mol. The molecule has 1 aliphatic heterocycles. The number of piperidine rings is 1. The third-order valence-electron chi connectivity index (χ3n) is 3.54. The van der Waals surface area contributed by atoms with Gasteiger partial charge in [0.1, 0.15) is 12.1 Å². The predicted molar refractivity (Wildman–Crippen MR) is 82.4 cm³/mol. The summed E-state index contributed by atoms with van der Waals surface area (Å²) in [6, 6.07) is 7.32. The van der Waals surface area contributed by atoms with E-state index in [-0.39, 0.29) is 11.9 Å². The summed E-state index contributed by atoms with van der Waals surface area (Å²) in [7, 11) is 0. The van der Waals surface area contributed by atoms with Crippen molar-refractivity contribution in [3.05, 3.63) is 28.2 Å². The van der Waals surface area contributed by atoms with Gasteiger partial charge in [0.05, 0.1) is 11.3 Å². The molecule has 106 valence electrons. The molecule has 1 unspecified atom stereocenters. The molecule has 0 aliphatic carbocycles. The number of hydrogen-bond donors (Lipinski definition) is 1. The lowest BCUT2D eigenvalue weighted by Crippen LogP contribution is -2.44. The first-order chi connectivity index (χ1) is 9.63. The van der Waals surface area contributed by atoms with Crippen LogP contribution in [-0.2, 0) is 4.79 Å². The van der Waals surface area contributed by atoms with Crippen LogP contribution in [0.4, 0.5) is 5.69 Å². The second kappa shape index (κ2) is 6.76. The first-order valence-electron chi connectivity index (χ1n) is 6.87. The van der Waals surface area contributed by atoms with Crippen molar-refractivity contribution in [2.24, 2.45) is 0 Å². The number of hydrogen-bond acceptors (Lipinski definition) is 3. The minimum absolute atomic E-state index is 0.105. The largest absolute Gasteiger partial charge is 0.373 e. The van der Waals surface area contributed by atoms with Crippen LogP contribution in [0.2, 0.25) is 0 Å². The van der Waals surface area contributed by atoms with Crippen molar-refractivity contribution in [1.29, 1.82) is 5.26 Å². The van der Waals surface area contributed by atoms with Crippen molar-refractivity contribution in [2.45, 2.75) is 32.2 Å². The zero-order valence-electron chi connectivity index (χ0n) is 11.5. The molecular weight excluding hydrogens is 318 g/mol. The van der Waals surface area contributed by atoms with Gasteiger partial charge in [-0.05, 0) is 54.2 Å². The van der Waals surface area contributed by atoms with E-state index >= 15 is 0 Å². The van der Waals surface area contributed by atoms with Gasteiger partial charge in [-0.15, -0.1) is 0 Å². The summed E-state index contributed by atoms with van der Waals surface area (Å²) in [5.74, 6) is 0.105. The number of carbonyl (C=O) groups excluding carboxylic acids is 1.